The highest BCUT2D eigenvalue weighted by molar-refractivity contribution is 7.86. The molecule has 1 heterocycles. The second-order valence-corrected chi connectivity index (χ2v) is 4.00. The number of alkyl halides is 3. The van der Waals surface area contributed by atoms with Gasteiger partial charge in [-0.05, 0) is 0 Å². The van der Waals surface area contributed by atoms with E-state index in [4.69, 9.17) is 0 Å². The summed E-state index contributed by atoms with van der Waals surface area (Å²) >= 11 is 0. The molecule has 0 unspecified atom stereocenters. The molecule has 0 spiro atoms. The van der Waals surface area contributed by atoms with Crippen LogP contribution in [0.4, 0.5) is 17.1 Å². The molecule has 0 amide bonds. The molecule has 1 aliphatic heterocycles. The fourth-order valence-corrected chi connectivity index (χ4v) is 1.79. The third-order valence-electron chi connectivity index (χ3n) is 1.55. The minimum atomic E-state index is -5.32. The van der Waals surface area contributed by atoms with Crippen LogP contribution in [-0.4, -0.2) is 39.3 Å². The molecule has 84 valence electrons. The molecule has 1 aliphatic rings. The first-order valence-corrected chi connectivity index (χ1v) is 4.99. The molecule has 4 nitrogen and oxygen atoms in total. The van der Waals surface area contributed by atoms with Crippen molar-refractivity contribution in [3.63, 3.8) is 0 Å². The quantitative estimate of drug-likeness (QED) is 0.522. The van der Waals surface area contributed by atoms with Crippen LogP contribution < -0.4 is 0 Å². The van der Waals surface area contributed by atoms with Crippen molar-refractivity contribution >= 4 is 10.2 Å². The molecule has 0 saturated carbocycles. The summed E-state index contributed by atoms with van der Waals surface area (Å²) in [6.45, 7) is -0.843. The summed E-state index contributed by atoms with van der Waals surface area (Å²) in [5, 5.41) is 0. The third-order valence-corrected chi connectivity index (χ3v) is 2.27. The van der Waals surface area contributed by atoms with Gasteiger partial charge in [0.05, 0.1) is 13.2 Å². The first-order chi connectivity index (χ1) is 6.16. The summed E-state index contributed by atoms with van der Waals surface area (Å²) in [5.41, 5.74) is 0. The van der Waals surface area contributed by atoms with E-state index in [0.29, 0.717) is 0 Å². The Balaban J connectivity index is 2.95. The normalized spacial score (nSPS) is 22.6. The lowest BCUT2D eigenvalue weighted by molar-refractivity contribution is -0.332. The van der Waals surface area contributed by atoms with Gasteiger partial charge in [-0.2, -0.15) is 21.6 Å². The molecule has 9 heteroatoms. The molecule has 0 atom stereocenters. The largest absolute Gasteiger partial charge is 0.444 e. The number of ether oxygens (including phenoxy) is 2. The second-order valence-electron chi connectivity index (χ2n) is 2.63. The van der Waals surface area contributed by atoms with Gasteiger partial charge in [0.25, 0.3) is 5.79 Å². The zero-order valence-electron chi connectivity index (χ0n) is 6.67. The Bertz CT molecular complexity index is 302. The molecule has 1 fully saturated rings. The average molecular weight is 238 g/mol. The Morgan fingerprint density at radius 3 is 1.93 bits per heavy atom. The molecule has 0 aromatic carbocycles. The predicted octanol–water partition coefficient (Wildman–Crippen LogP) is 0.591. The van der Waals surface area contributed by atoms with Gasteiger partial charge >= 0.3 is 16.4 Å². The minimum absolute atomic E-state index is 0.422. The van der Waals surface area contributed by atoms with Gasteiger partial charge in [0.1, 0.15) is 5.75 Å². The zero-order chi connectivity index (χ0) is 11.0. The van der Waals surface area contributed by atoms with Crippen LogP contribution in [0.25, 0.3) is 0 Å². The van der Waals surface area contributed by atoms with Crippen molar-refractivity contribution in [2.24, 2.45) is 0 Å². The minimum Gasteiger partial charge on any atom is -0.339 e. The first-order valence-electron chi connectivity index (χ1n) is 3.43. The summed E-state index contributed by atoms with van der Waals surface area (Å²) in [6, 6.07) is 0. The van der Waals surface area contributed by atoms with Crippen LogP contribution in [0.2, 0.25) is 0 Å². The lowest BCUT2D eigenvalue weighted by Gasteiger charge is -2.27. The summed E-state index contributed by atoms with van der Waals surface area (Å²) in [6.07, 6.45) is -5.08. The van der Waals surface area contributed by atoms with E-state index in [9.17, 15) is 25.5 Å². The van der Waals surface area contributed by atoms with Crippen molar-refractivity contribution in [1.29, 1.82) is 0 Å². The number of hydrogen-bond acceptors (Lipinski definition) is 4. The summed E-state index contributed by atoms with van der Waals surface area (Å²) in [7, 11) is -5.32. The standard InChI is InChI=1S/C5H6F4O4S/c6-5(7,8)4(3-14(9,10)11)12-1-2-13-4/h1-3H2. The lowest BCUT2D eigenvalue weighted by atomic mass is 10.3. The highest BCUT2D eigenvalue weighted by atomic mass is 32.3. The van der Waals surface area contributed by atoms with Gasteiger partial charge in [-0.1, -0.05) is 0 Å². The molecule has 0 radical (unpaired) electrons. The van der Waals surface area contributed by atoms with Crippen molar-refractivity contribution in [1.82, 2.24) is 0 Å². The van der Waals surface area contributed by atoms with Crippen molar-refractivity contribution in [2.45, 2.75) is 12.0 Å². The summed E-state index contributed by atoms with van der Waals surface area (Å²) in [4.78, 5) is 0. The van der Waals surface area contributed by atoms with Gasteiger partial charge in [0, 0.05) is 0 Å². The maximum atomic E-state index is 12.3. The summed E-state index contributed by atoms with van der Waals surface area (Å²) < 4.78 is 77.4. The van der Waals surface area contributed by atoms with Gasteiger partial charge in [-0.15, -0.1) is 3.89 Å². The molecule has 0 N–H and O–H groups in total. The maximum absolute atomic E-state index is 12.3. The SMILES string of the molecule is O=S(=O)(F)CC1(C(F)(F)F)OCCO1. The fourth-order valence-electron chi connectivity index (χ4n) is 1.01. The number of halogens is 4. The number of rotatable bonds is 2. The van der Waals surface area contributed by atoms with E-state index < -0.39 is 41.2 Å². The van der Waals surface area contributed by atoms with Gasteiger partial charge in [0.15, 0.2) is 0 Å². The zero-order valence-corrected chi connectivity index (χ0v) is 7.49. The van der Waals surface area contributed by atoms with E-state index in [1.165, 1.54) is 0 Å². The predicted molar refractivity (Wildman–Crippen MR) is 35.6 cm³/mol. The highest BCUT2D eigenvalue weighted by Crippen LogP contribution is 2.38. The Hall–Kier alpha value is -0.410. The van der Waals surface area contributed by atoms with Crippen molar-refractivity contribution in [2.75, 3.05) is 19.0 Å². The molecule has 0 aromatic rings. The van der Waals surface area contributed by atoms with Crippen LogP contribution in [0.15, 0.2) is 0 Å². The molecule has 14 heavy (non-hydrogen) atoms. The molecular formula is C5H6F4O4S. The molecular weight excluding hydrogens is 232 g/mol. The Labute approximate surface area is 77.0 Å². The molecule has 1 rings (SSSR count). The fraction of sp³-hybridized carbons (Fsp3) is 1.00. The van der Waals surface area contributed by atoms with Crippen molar-refractivity contribution < 1.29 is 34.9 Å². The highest BCUT2D eigenvalue weighted by Gasteiger charge is 2.62. The van der Waals surface area contributed by atoms with Crippen LogP contribution in [0.5, 0.6) is 0 Å². The monoisotopic (exact) mass is 238 g/mol. The van der Waals surface area contributed by atoms with E-state index in [2.05, 4.69) is 9.47 Å². The topological polar surface area (TPSA) is 52.6 Å². The molecule has 0 bridgehead atoms. The maximum Gasteiger partial charge on any atom is 0.444 e. The van der Waals surface area contributed by atoms with Gasteiger partial charge in [-0.25, -0.2) is 0 Å². The smallest absolute Gasteiger partial charge is 0.339 e. The van der Waals surface area contributed by atoms with E-state index in [-0.39, 0.29) is 0 Å². The van der Waals surface area contributed by atoms with Crippen LogP contribution in [0.1, 0.15) is 0 Å². The molecule has 0 aliphatic carbocycles. The molecule has 0 aromatic heterocycles. The Morgan fingerprint density at radius 2 is 1.64 bits per heavy atom. The van der Waals surface area contributed by atoms with E-state index in [1.807, 2.05) is 0 Å². The van der Waals surface area contributed by atoms with Crippen molar-refractivity contribution in [3.05, 3.63) is 0 Å². The van der Waals surface area contributed by atoms with E-state index in [1.54, 1.807) is 0 Å². The Morgan fingerprint density at radius 1 is 1.21 bits per heavy atom. The van der Waals surface area contributed by atoms with Gasteiger partial charge in [0.2, 0.25) is 0 Å². The van der Waals surface area contributed by atoms with E-state index >= 15 is 0 Å². The van der Waals surface area contributed by atoms with Crippen LogP contribution >= 0.6 is 0 Å². The van der Waals surface area contributed by atoms with Gasteiger partial charge in [-0.3, -0.25) is 0 Å². The van der Waals surface area contributed by atoms with Gasteiger partial charge < -0.3 is 9.47 Å². The van der Waals surface area contributed by atoms with E-state index in [0.717, 1.165) is 0 Å². The summed E-state index contributed by atoms with van der Waals surface area (Å²) in [5.74, 6) is -5.22. The van der Waals surface area contributed by atoms with Crippen LogP contribution in [0, 0.1) is 0 Å². The lowest BCUT2D eigenvalue weighted by Crippen LogP contribution is -2.51. The third kappa shape index (κ3) is 2.34. The number of hydrogen-bond donors (Lipinski definition) is 0. The second kappa shape index (κ2) is 3.31. The first kappa shape index (κ1) is 11.7. The van der Waals surface area contributed by atoms with Crippen LogP contribution in [0.3, 0.4) is 0 Å². The average Bonchev–Trinajstić information content (AvgIpc) is 2.31. The van der Waals surface area contributed by atoms with Crippen LogP contribution in [-0.2, 0) is 19.7 Å². The van der Waals surface area contributed by atoms with Crippen molar-refractivity contribution in [3.8, 4) is 0 Å². The molecule has 1 saturated heterocycles. The Kier molecular flexibility index (Phi) is 2.76.